The predicted molar refractivity (Wildman–Crippen MR) is 78.1 cm³/mol. The Labute approximate surface area is 117 Å². The van der Waals surface area contributed by atoms with Gasteiger partial charge in [0.2, 0.25) is 5.91 Å². The lowest BCUT2D eigenvalue weighted by Gasteiger charge is -2.46. The van der Waals surface area contributed by atoms with Crippen LogP contribution in [0.4, 0.5) is 0 Å². The Kier molecular flexibility index (Phi) is 4.51. The van der Waals surface area contributed by atoms with E-state index in [-0.39, 0.29) is 5.54 Å². The van der Waals surface area contributed by atoms with Gasteiger partial charge in [-0.3, -0.25) is 9.69 Å². The lowest BCUT2D eigenvalue weighted by Crippen LogP contribution is -2.62. The summed E-state index contributed by atoms with van der Waals surface area (Å²) < 4.78 is 0. The van der Waals surface area contributed by atoms with Crippen molar-refractivity contribution >= 4 is 5.91 Å². The molecule has 2 aliphatic rings. The number of likely N-dealkylation sites (tertiary alicyclic amines) is 1. The summed E-state index contributed by atoms with van der Waals surface area (Å²) in [6.07, 6.45) is 2.40. The molecule has 2 rings (SSSR count). The Bertz CT molecular complexity index is 323. The Morgan fingerprint density at radius 3 is 2.42 bits per heavy atom. The first-order chi connectivity index (χ1) is 8.94. The Hall–Kier alpha value is -0.610. The van der Waals surface area contributed by atoms with Crippen molar-refractivity contribution in [2.75, 3.05) is 32.7 Å². The van der Waals surface area contributed by atoms with Crippen molar-refractivity contribution in [3.05, 3.63) is 0 Å². The number of nitrogens with zero attached hydrogens (tertiary/aromatic N) is 2. The Morgan fingerprint density at radius 1 is 1.16 bits per heavy atom. The molecule has 4 heteroatoms. The van der Waals surface area contributed by atoms with Gasteiger partial charge in [0.15, 0.2) is 0 Å². The SMILES string of the molecule is CC1CCCN(C(=O)C(C)(C)N2CCNCC2)C1C. The number of carbonyl (C=O) groups is 1. The third-order valence-corrected chi connectivity index (χ3v) is 5.07. The molecule has 0 aromatic rings. The number of carbonyl (C=O) groups excluding carboxylic acids is 1. The van der Waals surface area contributed by atoms with Gasteiger partial charge < -0.3 is 10.2 Å². The zero-order valence-corrected chi connectivity index (χ0v) is 12.9. The number of hydrogen-bond acceptors (Lipinski definition) is 3. The molecule has 2 atom stereocenters. The van der Waals surface area contributed by atoms with Crippen molar-refractivity contribution in [1.82, 2.24) is 15.1 Å². The van der Waals surface area contributed by atoms with Gasteiger partial charge in [0, 0.05) is 38.8 Å². The molecule has 110 valence electrons. The number of amides is 1. The second-order valence-electron chi connectivity index (χ2n) is 6.65. The summed E-state index contributed by atoms with van der Waals surface area (Å²) in [7, 11) is 0. The van der Waals surface area contributed by atoms with Gasteiger partial charge in [0.1, 0.15) is 0 Å². The molecule has 0 bridgehead atoms. The first-order valence-electron chi connectivity index (χ1n) is 7.71. The maximum absolute atomic E-state index is 12.9. The molecule has 4 nitrogen and oxygen atoms in total. The van der Waals surface area contributed by atoms with Crippen LogP contribution in [-0.4, -0.2) is 60.0 Å². The standard InChI is InChI=1S/C15H29N3O/c1-12-6-5-9-18(13(12)2)14(19)15(3,4)17-10-7-16-8-11-17/h12-13,16H,5-11H2,1-4H3. The van der Waals surface area contributed by atoms with Crippen LogP contribution >= 0.6 is 0 Å². The van der Waals surface area contributed by atoms with Gasteiger partial charge >= 0.3 is 0 Å². The average Bonchev–Trinajstić information content (AvgIpc) is 2.42. The van der Waals surface area contributed by atoms with E-state index in [9.17, 15) is 4.79 Å². The molecule has 0 aliphatic carbocycles. The Morgan fingerprint density at radius 2 is 1.79 bits per heavy atom. The van der Waals surface area contributed by atoms with E-state index in [4.69, 9.17) is 0 Å². The minimum absolute atomic E-state index is 0.313. The van der Waals surface area contributed by atoms with Crippen LogP contribution in [0.5, 0.6) is 0 Å². The van der Waals surface area contributed by atoms with Crippen LogP contribution in [0, 0.1) is 5.92 Å². The molecule has 1 amide bonds. The van der Waals surface area contributed by atoms with Crippen LogP contribution in [0.3, 0.4) is 0 Å². The van der Waals surface area contributed by atoms with Crippen molar-refractivity contribution in [3.63, 3.8) is 0 Å². The molecule has 2 fully saturated rings. The average molecular weight is 267 g/mol. The molecule has 0 aromatic carbocycles. The smallest absolute Gasteiger partial charge is 0.242 e. The summed E-state index contributed by atoms with van der Waals surface area (Å²) in [5.41, 5.74) is -0.368. The van der Waals surface area contributed by atoms with Crippen LogP contribution in [0.1, 0.15) is 40.5 Å². The molecular weight excluding hydrogens is 238 g/mol. The number of piperazine rings is 1. The van der Waals surface area contributed by atoms with E-state index in [1.165, 1.54) is 6.42 Å². The van der Waals surface area contributed by atoms with Crippen LogP contribution < -0.4 is 5.32 Å². The predicted octanol–water partition coefficient (Wildman–Crippen LogP) is 1.32. The van der Waals surface area contributed by atoms with Gasteiger partial charge in [-0.25, -0.2) is 0 Å². The van der Waals surface area contributed by atoms with Gasteiger partial charge in [-0.05, 0) is 39.5 Å². The molecule has 2 unspecified atom stereocenters. The topological polar surface area (TPSA) is 35.6 Å². The monoisotopic (exact) mass is 267 g/mol. The zero-order chi connectivity index (χ0) is 14.0. The minimum atomic E-state index is -0.368. The van der Waals surface area contributed by atoms with Crippen LogP contribution in [0.2, 0.25) is 0 Å². The first kappa shape index (κ1) is 14.8. The largest absolute Gasteiger partial charge is 0.338 e. The molecule has 2 heterocycles. The molecule has 0 aromatic heterocycles. The summed E-state index contributed by atoms with van der Waals surface area (Å²) in [5.74, 6) is 0.935. The second-order valence-corrected chi connectivity index (χ2v) is 6.65. The number of nitrogens with one attached hydrogen (secondary N) is 1. The molecule has 0 saturated carbocycles. The van der Waals surface area contributed by atoms with Crippen LogP contribution in [-0.2, 0) is 4.79 Å². The van der Waals surface area contributed by atoms with Gasteiger partial charge in [-0.2, -0.15) is 0 Å². The third-order valence-electron chi connectivity index (χ3n) is 5.07. The van der Waals surface area contributed by atoms with Crippen molar-refractivity contribution in [1.29, 1.82) is 0 Å². The second kappa shape index (κ2) is 5.80. The number of rotatable bonds is 2. The normalized spacial score (nSPS) is 30.4. The van der Waals surface area contributed by atoms with E-state index in [1.54, 1.807) is 0 Å². The summed E-state index contributed by atoms with van der Waals surface area (Å²) >= 11 is 0. The Balaban J connectivity index is 2.08. The highest BCUT2D eigenvalue weighted by atomic mass is 16.2. The summed E-state index contributed by atoms with van der Waals surface area (Å²) in [5, 5.41) is 3.35. The van der Waals surface area contributed by atoms with Crippen molar-refractivity contribution < 1.29 is 4.79 Å². The van der Waals surface area contributed by atoms with Crippen molar-refractivity contribution in [2.24, 2.45) is 5.92 Å². The lowest BCUT2D eigenvalue weighted by molar-refractivity contribution is -0.148. The molecular formula is C15H29N3O. The zero-order valence-electron chi connectivity index (χ0n) is 12.9. The fraction of sp³-hybridized carbons (Fsp3) is 0.933. The van der Waals surface area contributed by atoms with Gasteiger partial charge in [0.25, 0.3) is 0 Å². The summed E-state index contributed by atoms with van der Waals surface area (Å²) in [6, 6.07) is 0.378. The molecule has 0 radical (unpaired) electrons. The van der Waals surface area contributed by atoms with Crippen LogP contribution in [0.15, 0.2) is 0 Å². The molecule has 0 spiro atoms. The number of piperidine rings is 1. The highest BCUT2D eigenvalue weighted by Crippen LogP contribution is 2.27. The fourth-order valence-electron chi connectivity index (χ4n) is 3.33. The summed E-state index contributed by atoms with van der Waals surface area (Å²) in [6.45, 7) is 13.5. The maximum Gasteiger partial charge on any atom is 0.242 e. The first-order valence-corrected chi connectivity index (χ1v) is 7.71. The van der Waals surface area contributed by atoms with E-state index in [0.29, 0.717) is 17.9 Å². The molecule has 2 aliphatic heterocycles. The van der Waals surface area contributed by atoms with Crippen molar-refractivity contribution in [3.8, 4) is 0 Å². The molecule has 2 saturated heterocycles. The third kappa shape index (κ3) is 2.95. The quantitative estimate of drug-likeness (QED) is 0.819. The molecule has 1 N–H and O–H groups in total. The van der Waals surface area contributed by atoms with Crippen molar-refractivity contribution in [2.45, 2.75) is 52.1 Å². The maximum atomic E-state index is 12.9. The van der Waals surface area contributed by atoms with E-state index < -0.39 is 0 Å². The van der Waals surface area contributed by atoms with Gasteiger partial charge in [-0.1, -0.05) is 6.92 Å². The van der Waals surface area contributed by atoms with Gasteiger partial charge in [-0.15, -0.1) is 0 Å². The van der Waals surface area contributed by atoms with E-state index in [0.717, 1.165) is 39.1 Å². The highest BCUT2D eigenvalue weighted by molar-refractivity contribution is 5.86. The number of hydrogen-bond donors (Lipinski definition) is 1. The fourth-order valence-corrected chi connectivity index (χ4v) is 3.33. The molecule has 19 heavy (non-hydrogen) atoms. The van der Waals surface area contributed by atoms with Gasteiger partial charge in [0.05, 0.1) is 5.54 Å². The van der Waals surface area contributed by atoms with Crippen LogP contribution in [0.25, 0.3) is 0 Å². The van der Waals surface area contributed by atoms with E-state index >= 15 is 0 Å². The van der Waals surface area contributed by atoms with E-state index in [1.807, 2.05) is 0 Å². The summed E-state index contributed by atoms with van der Waals surface area (Å²) in [4.78, 5) is 17.4. The minimum Gasteiger partial charge on any atom is -0.338 e. The lowest BCUT2D eigenvalue weighted by atomic mass is 9.89. The highest BCUT2D eigenvalue weighted by Gasteiger charge is 2.41. The van der Waals surface area contributed by atoms with E-state index in [2.05, 4.69) is 42.8 Å².